The molecule has 0 amide bonds. The van der Waals surface area contributed by atoms with E-state index in [1.54, 1.807) is 0 Å². The van der Waals surface area contributed by atoms with Crippen LogP contribution >= 0.6 is 22.6 Å². The third-order valence-corrected chi connectivity index (χ3v) is 3.55. The van der Waals surface area contributed by atoms with E-state index in [0.29, 0.717) is 18.1 Å². The molecular weight excluding hydrogens is 389 g/mol. The van der Waals surface area contributed by atoms with Gasteiger partial charge in [0.25, 0.3) is 0 Å². The predicted octanol–water partition coefficient (Wildman–Crippen LogP) is 4.45. The zero-order valence-electron chi connectivity index (χ0n) is 12.3. The van der Waals surface area contributed by atoms with Gasteiger partial charge < -0.3 is 9.47 Å². The Morgan fingerprint density at radius 1 is 1.23 bits per heavy atom. The van der Waals surface area contributed by atoms with Gasteiger partial charge in [-0.2, -0.15) is 0 Å². The van der Waals surface area contributed by atoms with Crippen LogP contribution < -0.4 is 9.47 Å². The fourth-order valence-electron chi connectivity index (χ4n) is 1.84. The first-order chi connectivity index (χ1) is 10.7. The molecule has 4 heteroatoms. The van der Waals surface area contributed by atoms with Crippen molar-refractivity contribution in [2.45, 2.75) is 6.92 Å². The van der Waals surface area contributed by atoms with Crippen LogP contribution in [-0.4, -0.2) is 19.4 Å². The van der Waals surface area contributed by atoms with Crippen molar-refractivity contribution in [1.82, 2.24) is 0 Å². The molecule has 0 saturated heterocycles. The fourth-order valence-corrected chi connectivity index (χ4v) is 2.62. The summed E-state index contributed by atoms with van der Waals surface area (Å²) in [5.74, 6) is 3.82. The highest BCUT2D eigenvalue weighted by atomic mass is 127. The summed E-state index contributed by atoms with van der Waals surface area (Å²) in [6, 6.07) is 13.7. The van der Waals surface area contributed by atoms with Crippen molar-refractivity contribution < 1.29 is 9.47 Å². The molecule has 22 heavy (non-hydrogen) atoms. The number of hydrogen-bond acceptors (Lipinski definition) is 3. The Balaban J connectivity index is 2.29. The fraction of sp³-hybridized carbons (Fsp3) is 0.167. The Bertz CT molecular complexity index is 690. The lowest BCUT2D eigenvalue weighted by Gasteiger charge is -2.13. The maximum absolute atomic E-state index is 5.65. The van der Waals surface area contributed by atoms with Gasteiger partial charge in [-0.15, -0.1) is 6.42 Å². The number of nitrogens with zero attached hydrogens (tertiary/aromatic N) is 1. The molecule has 0 aliphatic carbocycles. The lowest BCUT2D eigenvalue weighted by atomic mass is 10.2. The van der Waals surface area contributed by atoms with Crippen LogP contribution in [0.4, 0.5) is 5.69 Å². The van der Waals surface area contributed by atoms with Crippen molar-refractivity contribution in [3.63, 3.8) is 0 Å². The molecule has 0 N–H and O–H groups in total. The van der Waals surface area contributed by atoms with Crippen LogP contribution in [-0.2, 0) is 0 Å². The van der Waals surface area contributed by atoms with Gasteiger partial charge in [0.2, 0.25) is 0 Å². The molecule has 0 heterocycles. The molecule has 2 aromatic rings. The van der Waals surface area contributed by atoms with Crippen LogP contribution in [0.5, 0.6) is 11.5 Å². The molecule has 112 valence electrons. The zero-order chi connectivity index (χ0) is 15.8. The molecule has 0 aromatic heterocycles. The summed E-state index contributed by atoms with van der Waals surface area (Å²) in [5.41, 5.74) is 1.85. The van der Waals surface area contributed by atoms with Crippen molar-refractivity contribution in [3.8, 4) is 23.8 Å². The third-order valence-electron chi connectivity index (χ3n) is 2.75. The molecule has 0 spiro atoms. The van der Waals surface area contributed by atoms with E-state index in [0.717, 1.165) is 14.8 Å². The van der Waals surface area contributed by atoms with Crippen LogP contribution in [0, 0.1) is 15.9 Å². The Morgan fingerprint density at radius 3 is 2.68 bits per heavy atom. The quantitative estimate of drug-likeness (QED) is 0.404. The molecule has 0 radical (unpaired) electrons. The zero-order valence-corrected chi connectivity index (χ0v) is 14.4. The minimum Gasteiger partial charge on any atom is -0.490 e. The van der Waals surface area contributed by atoms with Crippen LogP contribution in [0.15, 0.2) is 47.5 Å². The van der Waals surface area contributed by atoms with E-state index in [9.17, 15) is 0 Å². The van der Waals surface area contributed by atoms with Crippen molar-refractivity contribution in [3.05, 3.63) is 51.6 Å². The first kappa shape index (κ1) is 16.4. The molecule has 0 atom stereocenters. The minimum absolute atomic E-state index is 0.216. The van der Waals surface area contributed by atoms with Gasteiger partial charge in [-0.3, -0.25) is 4.99 Å². The van der Waals surface area contributed by atoms with E-state index in [-0.39, 0.29) is 6.61 Å². The standard InChI is InChI=1S/C18H16INO2/c1-3-10-22-18-16(19)11-14(12-17(18)21-4-2)13-20-15-8-6-5-7-9-15/h1,5-9,11-13H,4,10H2,2H3. The summed E-state index contributed by atoms with van der Waals surface area (Å²) in [6.45, 7) is 2.71. The number of halogens is 1. The molecule has 3 nitrogen and oxygen atoms in total. The smallest absolute Gasteiger partial charge is 0.175 e. The maximum atomic E-state index is 5.65. The first-order valence-corrected chi connectivity index (χ1v) is 7.94. The molecular formula is C18H16INO2. The third kappa shape index (κ3) is 4.50. The van der Waals surface area contributed by atoms with Gasteiger partial charge in [0.05, 0.1) is 15.9 Å². The molecule has 0 unspecified atom stereocenters. The molecule has 0 fully saturated rings. The highest BCUT2D eigenvalue weighted by Gasteiger charge is 2.11. The molecule has 0 saturated carbocycles. The number of rotatable bonds is 6. The van der Waals surface area contributed by atoms with Gasteiger partial charge >= 0.3 is 0 Å². The second-order valence-corrected chi connectivity index (χ2v) is 5.51. The monoisotopic (exact) mass is 405 g/mol. The Kier molecular flexibility index (Phi) is 6.28. The minimum atomic E-state index is 0.216. The summed E-state index contributed by atoms with van der Waals surface area (Å²) in [5, 5.41) is 0. The topological polar surface area (TPSA) is 30.8 Å². The Hall–Kier alpha value is -2.00. The lowest BCUT2D eigenvalue weighted by molar-refractivity contribution is 0.298. The summed E-state index contributed by atoms with van der Waals surface area (Å²) in [6.07, 6.45) is 7.06. The van der Waals surface area contributed by atoms with E-state index in [1.165, 1.54) is 0 Å². The highest BCUT2D eigenvalue weighted by Crippen LogP contribution is 2.34. The van der Waals surface area contributed by atoms with Crippen LogP contribution in [0.2, 0.25) is 0 Å². The molecule has 2 aromatic carbocycles. The second kappa shape index (κ2) is 8.44. The summed E-state index contributed by atoms with van der Waals surface area (Å²) in [7, 11) is 0. The number of hydrogen-bond donors (Lipinski definition) is 0. The molecule has 0 aliphatic heterocycles. The SMILES string of the molecule is C#CCOc1c(I)cc(C=Nc2ccccc2)cc1OCC. The van der Waals surface area contributed by atoms with Gasteiger partial charge in [0.1, 0.15) is 6.61 Å². The average molecular weight is 405 g/mol. The van der Waals surface area contributed by atoms with E-state index in [4.69, 9.17) is 15.9 Å². The number of benzene rings is 2. The van der Waals surface area contributed by atoms with Gasteiger partial charge in [-0.05, 0) is 59.3 Å². The lowest BCUT2D eigenvalue weighted by Crippen LogP contribution is -2.02. The Morgan fingerprint density at radius 2 is 2.00 bits per heavy atom. The predicted molar refractivity (Wildman–Crippen MR) is 98.4 cm³/mol. The number of ether oxygens (including phenoxy) is 2. The van der Waals surface area contributed by atoms with Gasteiger partial charge in [0.15, 0.2) is 11.5 Å². The van der Waals surface area contributed by atoms with Gasteiger partial charge in [-0.25, -0.2) is 0 Å². The van der Waals surface area contributed by atoms with E-state index in [1.807, 2.05) is 55.6 Å². The van der Waals surface area contributed by atoms with Crippen LogP contribution in [0.3, 0.4) is 0 Å². The van der Waals surface area contributed by atoms with Crippen LogP contribution in [0.1, 0.15) is 12.5 Å². The van der Waals surface area contributed by atoms with Gasteiger partial charge in [0, 0.05) is 6.21 Å². The highest BCUT2D eigenvalue weighted by molar-refractivity contribution is 14.1. The number of terminal acetylenes is 1. The normalized spacial score (nSPS) is 10.4. The molecule has 0 aliphatic rings. The number of aliphatic imine (C=N–C) groups is 1. The summed E-state index contributed by atoms with van der Waals surface area (Å²) >= 11 is 2.21. The summed E-state index contributed by atoms with van der Waals surface area (Å²) in [4.78, 5) is 4.45. The number of para-hydroxylation sites is 1. The van der Waals surface area contributed by atoms with Crippen molar-refractivity contribution in [2.75, 3.05) is 13.2 Å². The van der Waals surface area contributed by atoms with E-state index < -0.39 is 0 Å². The Labute approximate surface area is 144 Å². The van der Waals surface area contributed by atoms with E-state index in [2.05, 4.69) is 33.5 Å². The first-order valence-electron chi connectivity index (χ1n) is 6.86. The largest absolute Gasteiger partial charge is 0.490 e. The second-order valence-electron chi connectivity index (χ2n) is 4.35. The average Bonchev–Trinajstić information content (AvgIpc) is 2.53. The van der Waals surface area contributed by atoms with Crippen molar-refractivity contribution >= 4 is 34.5 Å². The van der Waals surface area contributed by atoms with Gasteiger partial charge in [-0.1, -0.05) is 24.1 Å². The van der Waals surface area contributed by atoms with Crippen molar-refractivity contribution in [2.24, 2.45) is 4.99 Å². The summed E-state index contributed by atoms with van der Waals surface area (Å²) < 4.78 is 12.2. The van der Waals surface area contributed by atoms with Crippen molar-refractivity contribution in [1.29, 1.82) is 0 Å². The maximum Gasteiger partial charge on any atom is 0.175 e. The molecule has 2 rings (SSSR count). The van der Waals surface area contributed by atoms with E-state index >= 15 is 0 Å². The molecule has 0 bridgehead atoms. The van der Waals surface area contributed by atoms with Crippen LogP contribution in [0.25, 0.3) is 0 Å².